The van der Waals surface area contributed by atoms with Crippen molar-refractivity contribution < 1.29 is 0 Å². The Morgan fingerprint density at radius 2 is 2.05 bits per heavy atom. The lowest BCUT2D eigenvalue weighted by Gasteiger charge is -2.08. The molecule has 4 nitrogen and oxygen atoms in total. The molecule has 3 aromatic rings. The van der Waals surface area contributed by atoms with Crippen LogP contribution in [0, 0.1) is 0 Å². The Kier molecular flexibility index (Phi) is 4.34. The monoisotopic (exact) mass is 318 g/mol. The van der Waals surface area contributed by atoms with E-state index < -0.39 is 0 Å². The van der Waals surface area contributed by atoms with E-state index in [1.807, 2.05) is 35.0 Å². The van der Waals surface area contributed by atoms with Crippen molar-refractivity contribution in [1.82, 2.24) is 15.0 Å². The second-order valence-electron chi connectivity index (χ2n) is 4.69. The van der Waals surface area contributed by atoms with Crippen molar-refractivity contribution in [1.29, 1.82) is 0 Å². The van der Waals surface area contributed by atoms with E-state index in [2.05, 4.69) is 21.8 Å². The van der Waals surface area contributed by atoms with Crippen LogP contribution in [0.15, 0.2) is 41.8 Å². The van der Waals surface area contributed by atoms with Crippen molar-refractivity contribution >= 4 is 22.9 Å². The van der Waals surface area contributed by atoms with Crippen molar-refractivity contribution in [3.8, 4) is 0 Å². The average Bonchev–Trinajstić information content (AvgIpc) is 3.13. The standard InChI is InChI=1S/C15H15ClN4S/c16-13-6-2-1-4-11(13)10-20-15(14(9-17)18-19-20)8-12-5-3-7-21-12/h1-7H,8-10,17H2. The number of nitrogens with zero attached hydrogens (tertiary/aromatic N) is 3. The second kappa shape index (κ2) is 6.39. The zero-order valence-electron chi connectivity index (χ0n) is 11.4. The highest BCUT2D eigenvalue weighted by atomic mass is 35.5. The van der Waals surface area contributed by atoms with Crippen LogP contribution in [0.25, 0.3) is 0 Å². The predicted molar refractivity (Wildman–Crippen MR) is 85.6 cm³/mol. The summed E-state index contributed by atoms with van der Waals surface area (Å²) in [4.78, 5) is 1.27. The van der Waals surface area contributed by atoms with Crippen LogP contribution < -0.4 is 5.73 Å². The van der Waals surface area contributed by atoms with E-state index in [1.165, 1.54) is 4.88 Å². The molecule has 0 spiro atoms. The molecule has 3 rings (SSSR count). The highest BCUT2D eigenvalue weighted by molar-refractivity contribution is 7.09. The van der Waals surface area contributed by atoms with Crippen molar-refractivity contribution in [2.75, 3.05) is 0 Å². The molecule has 0 atom stereocenters. The largest absolute Gasteiger partial charge is 0.325 e. The summed E-state index contributed by atoms with van der Waals surface area (Å²) < 4.78 is 1.89. The molecule has 0 aliphatic carbocycles. The van der Waals surface area contributed by atoms with Crippen molar-refractivity contribution in [2.45, 2.75) is 19.5 Å². The third kappa shape index (κ3) is 3.15. The molecular weight excluding hydrogens is 304 g/mol. The summed E-state index contributed by atoms with van der Waals surface area (Å²) in [6, 6.07) is 11.9. The number of aromatic nitrogens is 3. The zero-order chi connectivity index (χ0) is 14.7. The van der Waals surface area contributed by atoms with Gasteiger partial charge in [-0.25, -0.2) is 4.68 Å². The molecule has 108 valence electrons. The molecule has 21 heavy (non-hydrogen) atoms. The van der Waals surface area contributed by atoms with Crippen LogP contribution in [-0.4, -0.2) is 15.0 Å². The van der Waals surface area contributed by atoms with Crippen LogP contribution in [0.4, 0.5) is 0 Å². The van der Waals surface area contributed by atoms with Crippen LogP contribution in [-0.2, 0) is 19.5 Å². The van der Waals surface area contributed by atoms with Gasteiger partial charge in [-0.15, -0.1) is 16.4 Å². The number of hydrogen-bond donors (Lipinski definition) is 1. The van der Waals surface area contributed by atoms with Gasteiger partial charge in [0.1, 0.15) is 0 Å². The third-order valence-corrected chi connectivity index (χ3v) is 4.56. The van der Waals surface area contributed by atoms with Crippen LogP contribution in [0.1, 0.15) is 21.8 Å². The number of hydrogen-bond acceptors (Lipinski definition) is 4. The lowest BCUT2D eigenvalue weighted by atomic mass is 10.2. The molecule has 2 N–H and O–H groups in total. The Bertz CT molecular complexity index is 721. The van der Waals surface area contributed by atoms with Crippen LogP contribution in [0.5, 0.6) is 0 Å². The molecular formula is C15H15ClN4S. The molecule has 6 heteroatoms. The van der Waals surface area contributed by atoms with Gasteiger partial charge in [-0.2, -0.15) is 0 Å². The van der Waals surface area contributed by atoms with Crippen molar-refractivity contribution in [3.63, 3.8) is 0 Å². The topological polar surface area (TPSA) is 56.7 Å². The molecule has 0 fully saturated rings. The summed E-state index contributed by atoms with van der Waals surface area (Å²) in [6.45, 7) is 0.997. The summed E-state index contributed by atoms with van der Waals surface area (Å²) in [5.41, 5.74) is 8.70. The molecule has 0 bridgehead atoms. The smallest absolute Gasteiger partial charge is 0.0998 e. The summed E-state index contributed by atoms with van der Waals surface area (Å²) in [7, 11) is 0. The van der Waals surface area contributed by atoms with E-state index in [4.69, 9.17) is 17.3 Å². The fourth-order valence-electron chi connectivity index (χ4n) is 2.21. The zero-order valence-corrected chi connectivity index (χ0v) is 12.9. The minimum absolute atomic E-state index is 0.392. The molecule has 0 aliphatic rings. The summed E-state index contributed by atoms with van der Waals surface area (Å²) in [5.74, 6) is 0. The normalized spacial score (nSPS) is 11.0. The first-order valence-electron chi connectivity index (χ1n) is 6.65. The lowest BCUT2D eigenvalue weighted by Crippen LogP contribution is -2.09. The number of halogens is 1. The van der Waals surface area contributed by atoms with Gasteiger partial charge >= 0.3 is 0 Å². The van der Waals surface area contributed by atoms with Gasteiger partial charge in [0.25, 0.3) is 0 Å². The molecule has 0 aliphatic heterocycles. The van der Waals surface area contributed by atoms with Gasteiger partial charge < -0.3 is 5.73 Å². The maximum Gasteiger partial charge on any atom is 0.0998 e. The van der Waals surface area contributed by atoms with E-state index in [0.29, 0.717) is 13.1 Å². The fraction of sp³-hybridized carbons (Fsp3) is 0.200. The minimum atomic E-state index is 0.392. The Morgan fingerprint density at radius 1 is 1.19 bits per heavy atom. The van der Waals surface area contributed by atoms with Gasteiger partial charge in [0.15, 0.2) is 0 Å². The Labute approximate surface area is 132 Å². The predicted octanol–water partition coefficient (Wildman–Crippen LogP) is 3.09. The van der Waals surface area contributed by atoms with Crippen LogP contribution in [0.3, 0.4) is 0 Å². The van der Waals surface area contributed by atoms with Crippen LogP contribution >= 0.6 is 22.9 Å². The molecule has 0 unspecified atom stereocenters. The van der Waals surface area contributed by atoms with Gasteiger partial charge in [-0.1, -0.05) is 41.1 Å². The third-order valence-electron chi connectivity index (χ3n) is 3.31. The molecule has 1 aromatic carbocycles. The number of rotatable bonds is 5. The van der Waals surface area contributed by atoms with Crippen molar-refractivity contribution in [2.24, 2.45) is 5.73 Å². The highest BCUT2D eigenvalue weighted by Gasteiger charge is 2.14. The van der Waals surface area contributed by atoms with Gasteiger partial charge in [-0.3, -0.25) is 0 Å². The van der Waals surface area contributed by atoms with Gasteiger partial charge in [0.2, 0.25) is 0 Å². The number of nitrogens with two attached hydrogens (primary N) is 1. The maximum atomic E-state index is 6.23. The van der Waals surface area contributed by atoms with E-state index in [-0.39, 0.29) is 0 Å². The van der Waals surface area contributed by atoms with Crippen LogP contribution in [0.2, 0.25) is 5.02 Å². The summed E-state index contributed by atoms with van der Waals surface area (Å²) >= 11 is 7.95. The quantitative estimate of drug-likeness (QED) is 0.786. The summed E-state index contributed by atoms with van der Waals surface area (Å²) in [6.07, 6.45) is 0.793. The molecule has 0 saturated carbocycles. The fourth-order valence-corrected chi connectivity index (χ4v) is 3.12. The SMILES string of the molecule is NCc1nnn(Cc2ccccc2Cl)c1Cc1cccs1. The molecule has 2 heterocycles. The highest BCUT2D eigenvalue weighted by Crippen LogP contribution is 2.20. The first-order chi connectivity index (χ1) is 10.3. The van der Waals surface area contributed by atoms with E-state index in [1.54, 1.807) is 11.3 Å². The van der Waals surface area contributed by atoms with Gasteiger partial charge in [0, 0.05) is 22.9 Å². The minimum Gasteiger partial charge on any atom is -0.325 e. The first-order valence-corrected chi connectivity index (χ1v) is 7.91. The number of benzene rings is 1. The summed E-state index contributed by atoms with van der Waals surface area (Å²) in [5, 5.41) is 11.2. The lowest BCUT2D eigenvalue weighted by molar-refractivity contribution is 0.626. The average molecular weight is 319 g/mol. The van der Waals surface area contributed by atoms with E-state index in [9.17, 15) is 0 Å². The van der Waals surface area contributed by atoms with E-state index in [0.717, 1.165) is 28.4 Å². The van der Waals surface area contributed by atoms with Gasteiger partial charge in [0.05, 0.1) is 17.9 Å². The Hall–Kier alpha value is -1.69. The molecule has 0 radical (unpaired) electrons. The van der Waals surface area contributed by atoms with E-state index >= 15 is 0 Å². The number of thiophene rings is 1. The molecule has 0 amide bonds. The van der Waals surface area contributed by atoms with Crippen molar-refractivity contribution in [3.05, 3.63) is 68.6 Å². The van der Waals surface area contributed by atoms with Gasteiger partial charge in [-0.05, 0) is 23.1 Å². The molecule has 2 aromatic heterocycles. The first kappa shape index (κ1) is 14.3. The second-order valence-corrected chi connectivity index (χ2v) is 6.13. The Balaban J connectivity index is 1.92. The molecule has 0 saturated heterocycles. The maximum absolute atomic E-state index is 6.23. The Morgan fingerprint density at radius 3 is 2.76 bits per heavy atom.